The Morgan fingerprint density at radius 1 is 1.35 bits per heavy atom. The molecule has 2 rings (SSSR count). The molecule has 0 aliphatic heterocycles. The molecule has 0 spiro atoms. The highest BCUT2D eigenvalue weighted by atomic mass is 35.5. The van der Waals surface area contributed by atoms with E-state index in [4.69, 9.17) is 16.3 Å². The van der Waals surface area contributed by atoms with E-state index in [1.165, 1.54) is 0 Å². The maximum absolute atomic E-state index is 9.98. The molecule has 0 saturated carbocycles. The molecule has 20 heavy (non-hydrogen) atoms. The first kappa shape index (κ1) is 15.0. The van der Waals surface area contributed by atoms with Crippen molar-refractivity contribution in [2.75, 3.05) is 6.61 Å². The fourth-order valence-electron chi connectivity index (χ4n) is 1.93. The number of rotatable bonds is 6. The molecule has 2 aromatic rings. The van der Waals surface area contributed by atoms with Gasteiger partial charge in [-0.3, -0.25) is 0 Å². The first-order chi connectivity index (χ1) is 9.58. The minimum Gasteiger partial charge on any atom is -0.389 e. The molecule has 4 nitrogen and oxygen atoms in total. The number of halogens is 1. The number of aryl methyl sites for hydroxylation is 1. The van der Waals surface area contributed by atoms with Crippen LogP contribution in [-0.4, -0.2) is 27.4 Å². The van der Waals surface area contributed by atoms with Crippen molar-refractivity contribution < 1.29 is 9.84 Å². The van der Waals surface area contributed by atoms with E-state index in [-0.39, 0.29) is 6.61 Å². The van der Waals surface area contributed by atoms with Crippen molar-refractivity contribution in [3.05, 3.63) is 52.6 Å². The second-order valence-corrected chi connectivity index (χ2v) is 5.24. The normalized spacial score (nSPS) is 12.6. The predicted octanol–water partition coefficient (Wildman–Crippen LogP) is 2.73. The van der Waals surface area contributed by atoms with E-state index < -0.39 is 6.10 Å². The summed E-state index contributed by atoms with van der Waals surface area (Å²) in [6.07, 6.45) is 1.17. The molecule has 0 bridgehead atoms. The minimum absolute atomic E-state index is 0.266. The molecule has 0 amide bonds. The Labute approximate surface area is 124 Å². The van der Waals surface area contributed by atoms with E-state index in [0.717, 1.165) is 17.0 Å². The van der Waals surface area contributed by atoms with Crippen LogP contribution in [0, 0.1) is 13.8 Å². The maximum Gasteiger partial charge on any atom is 0.0952 e. The lowest BCUT2D eigenvalue weighted by Crippen LogP contribution is -2.22. The zero-order valence-electron chi connectivity index (χ0n) is 11.7. The van der Waals surface area contributed by atoms with Crippen molar-refractivity contribution in [3.8, 4) is 0 Å². The second kappa shape index (κ2) is 6.88. The van der Waals surface area contributed by atoms with Gasteiger partial charge in [-0.2, -0.15) is 0 Å². The van der Waals surface area contributed by atoms with E-state index in [1.54, 1.807) is 6.33 Å². The fourth-order valence-corrected chi connectivity index (χ4v) is 2.12. The zero-order valence-corrected chi connectivity index (χ0v) is 12.5. The first-order valence-electron chi connectivity index (χ1n) is 6.55. The number of nitrogens with zero attached hydrogens (tertiary/aromatic N) is 2. The number of aromatic nitrogens is 2. The summed E-state index contributed by atoms with van der Waals surface area (Å²) >= 11 is 6.04. The van der Waals surface area contributed by atoms with Crippen molar-refractivity contribution in [2.45, 2.75) is 33.1 Å². The Kier molecular flexibility index (Phi) is 5.17. The van der Waals surface area contributed by atoms with Crippen LogP contribution in [0.15, 0.2) is 30.6 Å². The number of aliphatic hydroxyl groups excluding tert-OH is 1. The summed E-state index contributed by atoms with van der Waals surface area (Å²) in [7, 11) is 0. The molecule has 0 aliphatic carbocycles. The van der Waals surface area contributed by atoms with Crippen LogP contribution in [0.2, 0.25) is 5.02 Å². The number of aliphatic hydroxyl groups is 1. The summed E-state index contributed by atoms with van der Waals surface area (Å²) in [6, 6.07) is 7.54. The monoisotopic (exact) mass is 294 g/mol. The van der Waals surface area contributed by atoms with Gasteiger partial charge in [0.05, 0.1) is 37.9 Å². The summed E-state index contributed by atoms with van der Waals surface area (Å²) in [5, 5.41) is 10.7. The van der Waals surface area contributed by atoms with E-state index in [1.807, 2.05) is 42.7 Å². The number of imidazole rings is 1. The maximum atomic E-state index is 9.98. The number of hydrogen-bond acceptors (Lipinski definition) is 3. The Morgan fingerprint density at radius 2 is 2.10 bits per heavy atom. The van der Waals surface area contributed by atoms with E-state index in [9.17, 15) is 5.11 Å². The lowest BCUT2D eigenvalue weighted by molar-refractivity contribution is 0.0201. The van der Waals surface area contributed by atoms with Gasteiger partial charge in [0.15, 0.2) is 0 Å². The van der Waals surface area contributed by atoms with Crippen LogP contribution < -0.4 is 0 Å². The molecular formula is C15H19ClN2O2. The average Bonchev–Trinajstić information content (AvgIpc) is 2.73. The van der Waals surface area contributed by atoms with Crippen molar-refractivity contribution in [1.29, 1.82) is 0 Å². The van der Waals surface area contributed by atoms with E-state index >= 15 is 0 Å². The Morgan fingerprint density at radius 3 is 2.75 bits per heavy atom. The summed E-state index contributed by atoms with van der Waals surface area (Å²) in [5.74, 6) is 0. The molecular weight excluding hydrogens is 276 g/mol. The molecule has 0 radical (unpaired) electrons. The van der Waals surface area contributed by atoms with Crippen LogP contribution in [0.3, 0.4) is 0 Å². The smallest absolute Gasteiger partial charge is 0.0952 e. The molecule has 1 N–H and O–H groups in total. The third kappa shape index (κ3) is 3.82. The van der Waals surface area contributed by atoms with Crippen LogP contribution >= 0.6 is 11.6 Å². The van der Waals surface area contributed by atoms with Gasteiger partial charge in [-0.1, -0.05) is 29.8 Å². The Bertz CT molecular complexity index is 569. The summed E-state index contributed by atoms with van der Waals surface area (Å²) in [5.41, 5.74) is 2.97. The summed E-state index contributed by atoms with van der Waals surface area (Å²) < 4.78 is 7.44. The van der Waals surface area contributed by atoms with Crippen LogP contribution in [-0.2, 0) is 17.9 Å². The second-order valence-electron chi connectivity index (χ2n) is 4.83. The summed E-state index contributed by atoms with van der Waals surface area (Å²) in [6.45, 7) is 5.08. The van der Waals surface area contributed by atoms with Gasteiger partial charge in [-0.05, 0) is 25.5 Å². The molecule has 1 aromatic heterocycles. The van der Waals surface area contributed by atoms with Gasteiger partial charge in [-0.15, -0.1) is 0 Å². The predicted molar refractivity (Wildman–Crippen MR) is 78.8 cm³/mol. The highest BCUT2D eigenvalue weighted by molar-refractivity contribution is 6.31. The van der Waals surface area contributed by atoms with E-state index in [2.05, 4.69) is 4.98 Å². The SMILES string of the molecule is Cc1ncn(CC(O)COCc2ccccc2Cl)c1C. The van der Waals surface area contributed by atoms with E-state index in [0.29, 0.717) is 18.2 Å². The standard InChI is InChI=1S/C15H19ClN2O2/c1-11-12(2)18(10-17-11)7-14(19)9-20-8-13-5-3-4-6-15(13)16/h3-6,10,14,19H,7-9H2,1-2H3. The molecule has 108 valence electrons. The number of hydrogen-bond donors (Lipinski definition) is 1. The number of benzene rings is 1. The fraction of sp³-hybridized carbons (Fsp3) is 0.400. The lowest BCUT2D eigenvalue weighted by atomic mass is 10.2. The van der Waals surface area contributed by atoms with Gasteiger partial charge in [0.25, 0.3) is 0 Å². The van der Waals surface area contributed by atoms with Crippen molar-refractivity contribution >= 4 is 11.6 Å². The van der Waals surface area contributed by atoms with Crippen LogP contribution in [0.25, 0.3) is 0 Å². The Balaban J connectivity index is 1.80. The molecule has 1 atom stereocenters. The molecule has 0 saturated heterocycles. The topological polar surface area (TPSA) is 47.3 Å². The quantitative estimate of drug-likeness (QED) is 0.891. The van der Waals surface area contributed by atoms with Gasteiger partial charge >= 0.3 is 0 Å². The molecule has 5 heteroatoms. The van der Waals surface area contributed by atoms with Crippen molar-refractivity contribution in [3.63, 3.8) is 0 Å². The van der Waals surface area contributed by atoms with Gasteiger partial charge in [0.2, 0.25) is 0 Å². The minimum atomic E-state index is -0.565. The third-order valence-electron chi connectivity index (χ3n) is 3.28. The average molecular weight is 295 g/mol. The van der Waals surface area contributed by atoms with Gasteiger partial charge in [0, 0.05) is 10.7 Å². The highest BCUT2D eigenvalue weighted by Gasteiger charge is 2.09. The summed E-state index contributed by atoms with van der Waals surface area (Å²) in [4.78, 5) is 4.20. The third-order valence-corrected chi connectivity index (χ3v) is 3.65. The van der Waals surface area contributed by atoms with Gasteiger partial charge < -0.3 is 14.4 Å². The van der Waals surface area contributed by atoms with Gasteiger partial charge in [-0.25, -0.2) is 4.98 Å². The molecule has 1 heterocycles. The van der Waals surface area contributed by atoms with Gasteiger partial charge in [0.1, 0.15) is 0 Å². The van der Waals surface area contributed by atoms with Crippen LogP contribution in [0.1, 0.15) is 17.0 Å². The Hall–Kier alpha value is -1.36. The lowest BCUT2D eigenvalue weighted by Gasteiger charge is -2.13. The van der Waals surface area contributed by atoms with Crippen molar-refractivity contribution in [2.24, 2.45) is 0 Å². The van der Waals surface area contributed by atoms with Crippen LogP contribution in [0.5, 0.6) is 0 Å². The highest BCUT2D eigenvalue weighted by Crippen LogP contribution is 2.15. The molecule has 1 unspecified atom stereocenters. The molecule has 0 fully saturated rings. The molecule has 0 aliphatic rings. The number of ether oxygens (including phenoxy) is 1. The van der Waals surface area contributed by atoms with Crippen molar-refractivity contribution in [1.82, 2.24) is 9.55 Å². The molecule has 1 aromatic carbocycles. The first-order valence-corrected chi connectivity index (χ1v) is 6.93. The largest absolute Gasteiger partial charge is 0.389 e. The van der Waals surface area contributed by atoms with Crippen LogP contribution in [0.4, 0.5) is 0 Å². The zero-order chi connectivity index (χ0) is 14.5.